The Labute approximate surface area is 143 Å². The van der Waals surface area contributed by atoms with Gasteiger partial charge in [0, 0.05) is 22.5 Å². The number of benzene rings is 1. The zero-order valence-electron chi connectivity index (χ0n) is 13.3. The Balaban J connectivity index is 1.77. The number of aryl methyl sites for hydroxylation is 2. The fourth-order valence-corrected chi connectivity index (χ4v) is 4.18. The molecule has 0 bridgehead atoms. The summed E-state index contributed by atoms with van der Waals surface area (Å²) in [6.07, 6.45) is -0.193. The maximum absolute atomic E-state index is 11.3. The molecule has 0 atom stereocenters. The highest BCUT2D eigenvalue weighted by molar-refractivity contribution is 8.01. The molecular weight excluding hydrogens is 328 g/mol. The molecule has 0 fully saturated rings. The number of nitrogens with zero attached hydrogens (tertiary/aromatic N) is 2. The van der Waals surface area contributed by atoms with Crippen LogP contribution in [0.25, 0.3) is 16.7 Å². The topological polar surface area (TPSA) is 75.8 Å². The Morgan fingerprint density at radius 3 is 2.92 bits per heavy atom. The number of aromatic nitrogens is 1. The van der Waals surface area contributed by atoms with Crippen LogP contribution in [0, 0.1) is 13.8 Å². The van der Waals surface area contributed by atoms with Gasteiger partial charge in [-0.15, -0.1) is 0 Å². The third-order valence-electron chi connectivity index (χ3n) is 4.29. The molecule has 0 unspecified atom stereocenters. The van der Waals surface area contributed by atoms with E-state index in [0.29, 0.717) is 13.2 Å². The smallest absolute Gasteiger partial charge is 0.417 e. The van der Waals surface area contributed by atoms with Gasteiger partial charge >= 0.3 is 6.09 Å². The van der Waals surface area contributed by atoms with Gasteiger partial charge in [0.25, 0.3) is 0 Å². The predicted octanol–water partition coefficient (Wildman–Crippen LogP) is 4.09. The molecule has 1 N–H and O–H groups in total. The van der Waals surface area contributed by atoms with Crippen molar-refractivity contribution in [2.45, 2.75) is 20.3 Å². The lowest BCUT2D eigenvalue weighted by Gasteiger charge is -2.14. The van der Waals surface area contributed by atoms with Gasteiger partial charge in [-0.2, -0.15) is 0 Å². The van der Waals surface area contributed by atoms with Crippen LogP contribution in [0.4, 0.5) is 4.79 Å². The summed E-state index contributed by atoms with van der Waals surface area (Å²) in [6, 6.07) is 6.01. The summed E-state index contributed by atoms with van der Waals surface area (Å²) >= 11 is 1.29. The first kappa shape index (κ1) is 15.1. The minimum absolute atomic E-state index is 0.385. The van der Waals surface area contributed by atoms with Crippen molar-refractivity contribution in [3.05, 3.63) is 40.1 Å². The van der Waals surface area contributed by atoms with Crippen LogP contribution in [-0.2, 0) is 0 Å². The number of carboxylic acid groups (broad SMARTS) is 1. The van der Waals surface area contributed by atoms with E-state index in [9.17, 15) is 9.90 Å². The van der Waals surface area contributed by atoms with Crippen molar-refractivity contribution in [3.8, 4) is 16.9 Å². The van der Waals surface area contributed by atoms with E-state index in [1.54, 1.807) is 0 Å². The molecule has 0 saturated carbocycles. The van der Waals surface area contributed by atoms with Crippen molar-refractivity contribution >= 4 is 23.6 Å². The van der Waals surface area contributed by atoms with Gasteiger partial charge in [0.1, 0.15) is 11.5 Å². The number of amides is 1. The third kappa shape index (κ3) is 2.36. The summed E-state index contributed by atoms with van der Waals surface area (Å²) in [7, 11) is 0. The Hall–Kier alpha value is -2.41. The normalized spacial score (nSPS) is 16.5. The monoisotopic (exact) mass is 344 g/mol. The number of carbonyl (C=O) groups is 1. The zero-order chi connectivity index (χ0) is 16.8. The molecule has 1 amide bonds. The van der Waals surface area contributed by atoms with Crippen LogP contribution in [0.5, 0.6) is 5.75 Å². The molecule has 2 aliphatic heterocycles. The molecular formula is C17H16N2O4S. The minimum atomic E-state index is -0.914. The number of hydrogen-bond acceptors (Lipinski definition) is 5. The number of hydrogen-bond donors (Lipinski definition) is 1. The van der Waals surface area contributed by atoms with Gasteiger partial charge in [-0.3, -0.25) is 0 Å². The lowest BCUT2D eigenvalue weighted by molar-refractivity contribution is 0.179. The maximum Gasteiger partial charge on any atom is 0.417 e. The molecule has 2 aliphatic rings. The molecule has 0 aliphatic carbocycles. The molecule has 1 aromatic heterocycles. The van der Waals surface area contributed by atoms with Crippen LogP contribution < -0.4 is 4.74 Å². The van der Waals surface area contributed by atoms with E-state index in [2.05, 4.69) is 5.16 Å². The summed E-state index contributed by atoms with van der Waals surface area (Å²) in [6.45, 7) is 4.73. The molecule has 0 radical (unpaired) electrons. The van der Waals surface area contributed by atoms with Crippen molar-refractivity contribution < 1.29 is 19.2 Å². The first-order valence-electron chi connectivity index (χ1n) is 7.65. The van der Waals surface area contributed by atoms with Gasteiger partial charge in [-0.1, -0.05) is 17.3 Å². The molecule has 24 heavy (non-hydrogen) atoms. The quantitative estimate of drug-likeness (QED) is 0.785. The van der Waals surface area contributed by atoms with Crippen LogP contribution in [0.3, 0.4) is 0 Å². The van der Waals surface area contributed by atoms with Crippen LogP contribution >= 0.6 is 11.9 Å². The molecule has 4 rings (SSSR count). The fourth-order valence-electron chi connectivity index (χ4n) is 3.19. The van der Waals surface area contributed by atoms with Crippen LogP contribution in [0.2, 0.25) is 0 Å². The van der Waals surface area contributed by atoms with E-state index in [0.717, 1.165) is 50.8 Å². The van der Waals surface area contributed by atoms with Crippen molar-refractivity contribution in [2.24, 2.45) is 0 Å². The second kappa shape index (κ2) is 5.59. The molecule has 2 aromatic rings. The summed E-state index contributed by atoms with van der Waals surface area (Å²) < 4.78 is 12.5. The average molecular weight is 344 g/mol. The zero-order valence-corrected chi connectivity index (χ0v) is 14.1. The highest BCUT2D eigenvalue weighted by Gasteiger charge is 2.31. The van der Waals surface area contributed by atoms with Gasteiger partial charge in [0.15, 0.2) is 0 Å². The first-order valence-corrected chi connectivity index (χ1v) is 8.43. The van der Waals surface area contributed by atoms with E-state index in [1.807, 2.05) is 32.0 Å². The van der Waals surface area contributed by atoms with E-state index in [4.69, 9.17) is 9.26 Å². The van der Waals surface area contributed by atoms with Crippen molar-refractivity contribution in [1.29, 1.82) is 0 Å². The predicted molar refractivity (Wildman–Crippen MR) is 90.8 cm³/mol. The second-order valence-corrected chi connectivity index (χ2v) is 6.94. The molecule has 6 nitrogen and oxygen atoms in total. The maximum atomic E-state index is 11.3. The van der Waals surface area contributed by atoms with E-state index in [1.165, 1.54) is 16.3 Å². The molecule has 124 valence electrons. The van der Waals surface area contributed by atoms with E-state index in [-0.39, 0.29) is 0 Å². The van der Waals surface area contributed by atoms with Crippen LogP contribution in [0.15, 0.2) is 27.6 Å². The minimum Gasteiger partial charge on any atom is -0.493 e. The van der Waals surface area contributed by atoms with E-state index >= 15 is 0 Å². The van der Waals surface area contributed by atoms with Gasteiger partial charge in [0.05, 0.1) is 18.8 Å². The highest BCUT2D eigenvalue weighted by Crippen LogP contribution is 2.45. The van der Waals surface area contributed by atoms with Gasteiger partial charge < -0.3 is 14.4 Å². The Kier molecular flexibility index (Phi) is 3.53. The molecule has 3 heterocycles. The molecule has 0 spiro atoms. The number of fused-ring (bicyclic) bond motifs is 2. The van der Waals surface area contributed by atoms with Crippen molar-refractivity contribution in [1.82, 2.24) is 9.46 Å². The highest BCUT2D eigenvalue weighted by atomic mass is 32.2. The Bertz CT molecular complexity index is 852. The molecule has 7 heteroatoms. The first-order chi connectivity index (χ1) is 11.5. The molecule has 1 aromatic carbocycles. The van der Waals surface area contributed by atoms with Gasteiger partial charge in [0.2, 0.25) is 0 Å². The average Bonchev–Trinajstić information content (AvgIpc) is 3.07. The van der Waals surface area contributed by atoms with Gasteiger partial charge in [-0.25, -0.2) is 9.10 Å². The number of ether oxygens (including phenoxy) is 1. The van der Waals surface area contributed by atoms with E-state index < -0.39 is 6.09 Å². The van der Waals surface area contributed by atoms with Gasteiger partial charge in [-0.05, 0) is 43.0 Å². The standard InChI is InChI=1S/C17H16N2O4S/c1-9-16(10(2)23-18-9)11-3-4-12-13-8-19(17(20)21)24-15(13)5-6-22-14(12)7-11/h3-4,7H,5-6,8H2,1-2H3,(H,20,21). The lowest BCUT2D eigenvalue weighted by atomic mass is 9.98. The summed E-state index contributed by atoms with van der Waals surface area (Å²) in [5, 5.41) is 13.2. The largest absolute Gasteiger partial charge is 0.493 e. The second-order valence-electron chi connectivity index (χ2n) is 5.82. The summed E-state index contributed by atoms with van der Waals surface area (Å²) in [5.74, 6) is 1.56. The van der Waals surface area contributed by atoms with Crippen LogP contribution in [0.1, 0.15) is 23.4 Å². The van der Waals surface area contributed by atoms with Crippen LogP contribution in [-0.4, -0.2) is 33.8 Å². The SMILES string of the molecule is Cc1noc(C)c1-c1ccc2c(c1)OCCC1=C2CN(C(=O)O)S1. The Morgan fingerprint density at radius 1 is 1.38 bits per heavy atom. The third-order valence-corrected chi connectivity index (χ3v) is 5.46. The van der Waals surface area contributed by atoms with Crippen molar-refractivity contribution in [3.63, 3.8) is 0 Å². The summed E-state index contributed by atoms with van der Waals surface area (Å²) in [4.78, 5) is 12.3. The number of rotatable bonds is 1. The molecule has 0 saturated heterocycles. The summed E-state index contributed by atoms with van der Waals surface area (Å²) in [5.41, 5.74) is 4.83. The fraction of sp³-hybridized carbons (Fsp3) is 0.294. The Morgan fingerprint density at radius 2 is 2.21 bits per heavy atom. The lowest BCUT2D eigenvalue weighted by Crippen LogP contribution is -2.20. The van der Waals surface area contributed by atoms with Crippen molar-refractivity contribution in [2.75, 3.05) is 13.2 Å².